The van der Waals surface area contributed by atoms with Crippen molar-refractivity contribution in [3.8, 4) is 5.75 Å². The van der Waals surface area contributed by atoms with Crippen molar-refractivity contribution in [2.24, 2.45) is 0 Å². The van der Waals surface area contributed by atoms with E-state index in [9.17, 15) is 13.2 Å². The van der Waals surface area contributed by atoms with Gasteiger partial charge in [0.15, 0.2) is 0 Å². The lowest BCUT2D eigenvalue weighted by Crippen LogP contribution is -2.15. The summed E-state index contributed by atoms with van der Waals surface area (Å²) in [6.45, 7) is 0. The van der Waals surface area contributed by atoms with Gasteiger partial charge < -0.3 is 4.74 Å². The number of ether oxygens (including phenoxy) is 1. The molecule has 1 atom stereocenters. The molecule has 106 valence electrons. The van der Waals surface area contributed by atoms with Crippen molar-refractivity contribution in [1.29, 1.82) is 0 Å². The Balaban J connectivity index is 2.35. The van der Waals surface area contributed by atoms with E-state index in [1.165, 1.54) is 7.11 Å². The summed E-state index contributed by atoms with van der Waals surface area (Å²) in [6.07, 6.45) is -5.08. The Morgan fingerprint density at radius 3 is 1.95 bits per heavy atom. The molecule has 20 heavy (non-hydrogen) atoms. The van der Waals surface area contributed by atoms with Crippen molar-refractivity contribution >= 4 is 0 Å². The second kappa shape index (κ2) is 5.99. The molecule has 0 N–H and O–H groups in total. The quantitative estimate of drug-likeness (QED) is 0.783. The van der Waals surface area contributed by atoms with Crippen LogP contribution < -0.4 is 4.74 Å². The van der Waals surface area contributed by atoms with Crippen molar-refractivity contribution < 1.29 is 17.9 Å². The molecule has 0 aliphatic heterocycles. The Morgan fingerprint density at radius 1 is 0.900 bits per heavy atom. The lowest BCUT2D eigenvalue weighted by Gasteiger charge is -2.20. The second-order valence-electron chi connectivity index (χ2n) is 4.56. The van der Waals surface area contributed by atoms with Crippen LogP contribution in [0.4, 0.5) is 13.2 Å². The van der Waals surface area contributed by atoms with Crippen molar-refractivity contribution in [2.45, 2.75) is 18.5 Å². The molecule has 4 heteroatoms. The van der Waals surface area contributed by atoms with Gasteiger partial charge in [-0.05, 0) is 23.3 Å². The predicted molar refractivity (Wildman–Crippen MR) is 72.0 cm³/mol. The average Bonchev–Trinajstić information content (AvgIpc) is 2.45. The van der Waals surface area contributed by atoms with E-state index in [0.29, 0.717) is 16.9 Å². The van der Waals surface area contributed by atoms with Gasteiger partial charge in [0.1, 0.15) is 5.75 Å². The third-order valence-corrected chi connectivity index (χ3v) is 3.16. The number of benzene rings is 2. The molecule has 0 heterocycles. The molecule has 0 aliphatic carbocycles. The monoisotopic (exact) mass is 280 g/mol. The third kappa shape index (κ3) is 3.76. The maximum absolute atomic E-state index is 12.8. The van der Waals surface area contributed by atoms with Gasteiger partial charge in [-0.2, -0.15) is 13.2 Å². The number of alkyl halides is 3. The summed E-state index contributed by atoms with van der Waals surface area (Å²) in [4.78, 5) is 0. The van der Waals surface area contributed by atoms with Crippen LogP contribution in [-0.4, -0.2) is 13.3 Å². The Kier molecular flexibility index (Phi) is 4.32. The van der Waals surface area contributed by atoms with Crippen LogP contribution in [0.15, 0.2) is 54.6 Å². The molecule has 0 radical (unpaired) electrons. The van der Waals surface area contributed by atoms with E-state index >= 15 is 0 Å². The molecule has 2 aromatic carbocycles. The second-order valence-corrected chi connectivity index (χ2v) is 4.56. The minimum atomic E-state index is -4.21. The zero-order valence-corrected chi connectivity index (χ0v) is 11.0. The predicted octanol–water partition coefficient (Wildman–Crippen LogP) is 4.78. The highest BCUT2D eigenvalue weighted by atomic mass is 19.4. The minimum Gasteiger partial charge on any atom is -0.497 e. The maximum Gasteiger partial charge on any atom is 0.390 e. The number of methoxy groups -OCH3 is 1. The molecule has 0 saturated carbocycles. The van der Waals surface area contributed by atoms with Crippen molar-refractivity contribution in [1.82, 2.24) is 0 Å². The highest BCUT2D eigenvalue weighted by Crippen LogP contribution is 2.36. The Hall–Kier alpha value is -1.97. The van der Waals surface area contributed by atoms with E-state index in [0.717, 1.165) is 0 Å². The van der Waals surface area contributed by atoms with E-state index in [4.69, 9.17) is 4.74 Å². The first kappa shape index (κ1) is 14.4. The summed E-state index contributed by atoms with van der Waals surface area (Å²) in [5, 5.41) is 0. The number of hydrogen-bond donors (Lipinski definition) is 0. The summed E-state index contributed by atoms with van der Waals surface area (Å²) in [6, 6.07) is 15.5. The summed E-state index contributed by atoms with van der Waals surface area (Å²) < 4.78 is 43.4. The summed E-state index contributed by atoms with van der Waals surface area (Å²) in [5.41, 5.74) is 1.30. The molecular weight excluding hydrogens is 265 g/mol. The molecule has 0 aromatic heterocycles. The molecular formula is C16H15F3O. The van der Waals surface area contributed by atoms with Gasteiger partial charge in [0.05, 0.1) is 13.5 Å². The smallest absolute Gasteiger partial charge is 0.390 e. The van der Waals surface area contributed by atoms with Crippen LogP contribution in [0.5, 0.6) is 5.75 Å². The fraction of sp³-hybridized carbons (Fsp3) is 0.250. The Bertz CT molecular complexity index is 532. The Labute approximate surface area is 116 Å². The van der Waals surface area contributed by atoms with Gasteiger partial charge >= 0.3 is 6.18 Å². The molecule has 1 nitrogen and oxygen atoms in total. The zero-order chi connectivity index (χ0) is 14.6. The lowest BCUT2D eigenvalue weighted by molar-refractivity contribution is -0.136. The fourth-order valence-electron chi connectivity index (χ4n) is 2.18. The topological polar surface area (TPSA) is 9.23 Å². The molecule has 0 aliphatic rings. The minimum absolute atomic E-state index is 0.632. The first-order valence-corrected chi connectivity index (χ1v) is 6.25. The van der Waals surface area contributed by atoms with Crippen molar-refractivity contribution in [3.63, 3.8) is 0 Å². The van der Waals surface area contributed by atoms with Crippen molar-refractivity contribution in [2.75, 3.05) is 7.11 Å². The van der Waals surface area contributed by atoms with E-state index in [1.54, 1.807) is 54.6 Å². The largest absolute Gasteiger partial charge is 0.497 e. The first-order chi connectivity index (χ1) is 9.49. The maximum atomic E-state index is 12.8. The van der Waals surface area contributed by atoms with Gasteiger partial charge in [-0.15, -0.1) is 0 Å². The van der Waals surface area contributed by atoms with Gasteiger partial charge in [-0.25, -0.2) is 0 Å². The third-order valence-electron chi connectivity index (χ3n) is 3.16. The summed E-state index contributed by atoms with van der Waals surface area (Å²) >= 11 is 0. The van der Waals surface area contributed by atoms with Crippen LogP contribution in [0.1, 0.15) is 23.5 Å². The first-order valence-electron chi connectivity index (χ1n) is 6.25. The van der Waals surface area contributed by atoms with Crippen LogP contribution in [0.3, 0.4) is 0 Å². The van der Waals surface area contributed by atoms with Crippen LogP contribution in [0, 0.1) is 0 Å². The average molecular weight is 280 g/mol. The molecule has 0 bridgehead atoms. The number of hydrogen-bond acceptors (Lipinski definition) is 1. The van der Waals surface area contributed by atoms with Gasteiger partial charge in [-0.1, -0.05) is 42.5 Å². The van der Waals surface area contributed by atoms with Gasteiger partial charge in [-0.3, -0.25) is 0 Å². The molecule has 0 amide bonds. The fourth-order valence-corrected chi connectivity index (χ4v) is 2.18. The molecule has 0 spiro atoms. The highest BCUT2D eigenvalue weighted by Gasteiger charge is 2.33. The standard InChI is InChI=1S/C16H15F3O/c1-20-14-9-7-13(8-10-14)15(11-16(17,18)19)12-5-3-2-4-6-12/h2-10,15H,11H2,1H3. The van der Waals surface area contributed by atoms with Crippen LogP contribution in [0.2, 0.25) is 0 Å². The van der Waals surface area contributed by atoms with Gasteiger partial charge in [0.2, 0.25) is 0 Å². The number of halogens is 3. The highest BCUT2D eigenvalue weighted by molar-refractivity contribution is 5.36. The van der Waals surface area contributed by atoms with E-state index in [1.807, 2.05) is 0 Å². The molecule has 2 rings (SSSR count). The van der Waals surface area contributed by atoms with E-state index in [2.05, 4.69) is 0 Å². The lowest BCUT2D eigenvalue weighted by atomic mass is 9.88. The van der Waals surface area contributed by atoms with E-state index in [-0.39, 0.29) is 0 Å². The summed E-state index contributed by atoms with van der Waals surface area (Å²) in [5.74, 6) is -0.0605. The normalized spacial score (nSPS) is 13.0. The van der Waals surface area contributed by atoms with E-state index < -0.39 is 18.5 Å². The zero-order valence-electron chi connectivity index (χ0n) is 11.0. The van der Waals surface area contributed by atoms with Crippen LogP contribution in [0.25, 0.3) is 0 Å². The SMILES string of the molecule is COc1ccc(C(CC(F)(F)F)c2ccccc2)cc1. The molecule has 2 aromatic rings. The van der Waals surface area contributed by atoms with Crippen LogP contribution in [-0.2, 0) is 0 Å². The van der Waals surface area contributed by atoms with Crippen molar-refractivity contribution in [3.05, 3.63) is 65.7 Å². The Morgan fingerprint density at radius 2 is 1.45 bits per heavy atom. The van der Waals surface area contributed by atoms with Crippen LogP contribution >= 0.6 is 0 Å². The van der Waals surface area contributed by atoms with Gasteiger partial charge in [0, 0.05) is 5.92 Å². The molecule has 0 saturated heterocycles. The molecule has 0 fully saturated rings. The van der Waals surface area contributed by atoms with Gasteiger partial charge in [0.25, 0.3) is 0 Å². The molecule has 1 unspecified atom stereocenters. The number of rotatable bonds is 4. The summed E-state index contributed by atoms with van der Waals surface area (Å²) in [7, 11) is 1.53.